The standard InChI is InChI=1S/C14H13F2NO3S/c15-11-7-4-8-13(14(11)16)21(19,20)17-12(9-18)10-5-2-1-3-6-10/h1-8,12,17-18H,9H2. The Labute approximate surface area is 121 Å². The molecule has 112 valence electrons. The Bertz CT molecular complexity index is 720. The molecule has 0 heterocycles. The fourth-order valence-electron chi connectivity index (χ4n) is 1.84. The normalized spacial score (nSPS) is 13.1. The van der Waals surface area contributed by atoms with Gasteiger partial charge in [0.05, 0.1) is 12.6 Å². The van der Waals surface area contributed by atoms with Crippen molar-refractivity contribution in [3.8, 4) is 0 Å². The Morgan fingerprint density at radius 1 is 1.05 bits per heavy atom. The maximum absolute atomic E-state index is 13.6. The van der Waals surface area contributed by atoms with Crippen molar-refractivity contribution in [2.24, 2.45) is 0 Å². The second kappa shape index (κ2) is 6.30. The summed E-state index contributed by atoms with van der Waals surface area (Å²) in [6.07, 6.45) is 0. The first-order valence-electron chi connectivity index (χ1n) is 6.08. The lowest BCUT2D eigenvalue weighted by Gasteiger charge is -2.17. The summed E-state index contributed by atoms with van der Waals surface area (Å²) in [7, 11) is -4.30. The summed E-state index contributed by atoms with van der Waals surface area (Å²) in [5.74, 6) is -2.70. The van der Waals surface area contributed by atoms with Crippen LogP contribution < -0.4 is 4.72 Å². The maximum atomic E-state index is 13.6. The second-order valence-corrected chi connectivity index (χ2v) is 6.00. The Morgan fingerprint density at radius 2 is 1.71 bits per heavy atom. The van der Waals surface area contributed by atoms with Crippen LogP contribution in [0, 0.1) is 11.6 Å². The zero-order valence-corrected chi connectivity index (χ0v) is 11.6. The molecular formula is C14H13F2NO3S. The largest absolute Gasteiger partial charge is 0.394 e. The minimum atomic E-state index is -4.30. The number of hydrogen-bond acceptors (Lipinski definition) is 3. The van der Waals surface area contributed by atoms with Crippen LogP contribution in [-0.2, 0) is 10.0 Å². The smallest absolute Gasteiger partial charge is 0.244 e. The van der Waals surface area contributed by atoms with Gasteiger partial charge in [0.15, 0.2) is 11.6 Å². The summed E-state index contributed by atoms with van der Waals surface area (Å²) in [5.41, 5.74) is 0.514. The molecule has 0 amide bonds. The fourth-order valence-corrected chi connectivity index (χ4v) is 3.14. The van der Waals surface area contributed by atoms with Gasteiger partial charge in [-0.05, 0) is 17.7 Å². The molecule has 2 N–H and O–H groups in total. The van der Waals surface area contributed by atoms with Crippen LogP contribution in [0.2, 0.25) is 0 Å². The van der Waals surface area contributed by atoms with Crippen LogP contribution in [0.15, 0.2) is 53.4 Å². The van der Waals surface area contributed by atoms with Crippen LogP contribution in [0.25, 0.3) is 0 Å². The lowest BCUT2D eigenvalue weighted by atomic mass is 10.1. The van der Waals surface area contributed by atoms with E-state index in [0.717, 1.165) is 18.2 Å². The third kappa shape index (κ3) is 3.44. The second-order valence-electron chi connectivity index (χ2n) is 4.32. The van der Waals surface area contributed by atoms with E-state index in [-0.39, 0.29) is 0 Å². The van der Waals surface area contributed by atoms with E-state index in [9.17, 15) is 22.3 Å². The Morgan fingerprint density at radius 3 is 2.33 bits per heavy atom. The molecule has 2 rings (SSSR count). The highest BCUT2D eigenvalue weighted by Crippen LogP contribution is 2.20. The molecule has 2 aromatic carbocycles. The van der Waals surface area contributed by atoms with Gasteiger partial charge in [0, 0.05) is 0 Å². The number of aliphatic hydroxyl groups excluding tert-OH is 1. The predicted octanol–water partition coefficient (Wildman–Crippen LogP) is 1.98. The van der Waals surface area contributed by atoms with Crippen molar-refractivity contribution < 1.29 is 22.3 Å². The van der Waals surface area contributed by atoms with Gasteiger partial charge in [-0.15, -0.1) is 0 Å². The van der Waals surface area contributed by atoms with Gasteiger partial charge in [-0.2, -0.15) is 0 Å². The van der Waals surface area contributed by atoms with Crippen molar-refractivity contribution >= 4 is 10.0 Å². The third-order valence-electron chi connectivity index (χ3n) is 2.89. The quantitative estimate of drug-likeness (QED) is 0.887. The highest BCUT2D eigenvalue weighted by atomic mass is 32.2. The van der Waals surface area contributed by atoms with E-state index in [0.29, 0.717) is 5.56 Å². The molecule has 7 heteroatoms. The van der Waals surface area contributed by atoms with Crippen LogP contribution in [0.3, 0.4) is 0 Å². The van der Waals surface area contributed by atoms with Gasteiger partial charge in [0.25, 0.3) is 0 Å². The molecule has 1 unspecified atom stereocenters. The van der Waals surface area contributed by atoms with E-state index in [2.05, 4.69) is 4.72 Å². The number of aliphatic hydroxyl groups is 1. The topological polar surface area (TPSA) is 66.4 Å². The van der Waals surface area contributed by atoms with Crippen LogP contribution in [-0.4, -0.2) is 20.1 Å². The molecule has 0 spiro atoms. The monoisotopic (exact) mass is 313 g/mol. The average molecular weight is 313 g/mol. The fraction of sp³-hybridized carbons (Fsp3) is 0.143. The molecule has 0 aromatic heterocycles. The highest BCUT2D eigenvalue weighted by molar-refractivity contribution is 7.89. The minimum absolute atomic E-state index is 0.514. The molecule has 0 fully saturated rings. The van der Waals surface area contributed by atoms with Crippen LogP contribution in [0.1, 0.15) is 11.6 Å². The molecule has 0 aliphatic rings. The van der Waals surface area contributed by atoms with Crippen molar-refractivity contribution in [3.05, 3.63) is 65.7 Å². The number of halogens is 2. The van der Waals surface area contributed by atoms with Crippen molar-refractivity contribution in [2.45, 2.75) is 10.9 Å². The van der Waals surface area contributed by atoms with Crippen molar-refractivity contribution in [1.29, 1.82) is 0 Å². The lowest BCUT2D eigenvalue weighted by Crippen LogP contribution is -2.31. The van der Waals surface area contributed by atoms with Gasteiger partial charge in [-0.25, -0.2) is 21.9 Å². The van der Waals surface area contributed by atoms with E-state index >= 15 is 0 Å². The number of sulfonamides is 1. The van der Waals surface area contributed by atoms with Crippen LogP contribution in [0.5, 0.6) is 0 Å². The number of hydrogen-bond donors (Lipinski definition) is 2. The number of nitrogens with one attached hydrogen (secondary N) is 1. The predicted molar refractivity (Wildman–Crippen MR) is 72.9 cm³/mol. The zero-order valence-electron chi connectivity index (χ0n) is 10.8. The van der Waals surface area contributed by atoms with Crippen LogP contribution >= 0.6 is 0 Å². The van der Waals surface area contributed by atoms with E-state index in [4.69, 9.17) is 0 Å². The Balaban J connectivity index is 2.34. The number of benzene rings is 2. The molecule has 0 aliphatic carbocycles. The van der Waals surface area contributed by atoms with E-state index < -0.39 is 39.2 Å². The summed E-state index contributed by atoms with van der Waals surface area (Å²) in [4.78, 5) is -0.795. The molecule has 0 saturated carbocycles. The van der Waals surface area contributed by atoms with E-state index in [1.165, 1.54) is 0 Å². The molecule has 0 bridgehead atoms. The first-order chi connectivity index (χ1) is 9.95. The highest BCUT2D eigenvalue weighted by Gasteiger charge is 2.25. The molecule has 21 heavy (non-hydrogen) atoms. The van der Waals surface area contributed by atoms with E-state index in [1.807, 2.05) is 0 Å². The maximum Gasteiger partial charge on any atom is 0.244 e. The molecule has 1 atom stereocenters. The van der Waals surface area contributed by atoms with Gasteiger partial charge in [0.2, 0.25) is 10.0 Å². The zero-order chi connectivity index (χ0) is 15.5. The van der Waals surface area contributed by atoms with Gasteiger partial charge < -0.3 is 5.11 Å². The van der Waals surface area contributed by atoms with Gasteiger partial charge in [-0.1, -0.05) is 36.4 Å². The first kappa shape index (κ1) is 15.6. The summed E-state index contributed by atoms with van der Waals surface area (Å²) in [6, 6.07) is 10.3. The summed E-state index contributed by atoms with van der Waals surface area (Å²) >= 11 is 0. The Kier molecular flexibility index (Phi) is 4.66. The average Bonchev–Trinajstić information content (AvgIpc) is 2.48. The SMILES string of the molecule is O=S(=O)(NC(CO)c1ccccc1)c1cccc(F)c1F. The van der Waals surface area contributed by atoms with Gasteiger partial charge >= 0.3 is 0 Å². The van der Waals surface area contributed by atoms with Crippen LogP contribution in [0.4, 0.5) is 8.78 Å². The number of rotatable bonds is 5. The van der Waals surface area contributed by atoms with Crippen molar-refractivity contribution in [3.63, 3.8) is 0 Å². The summed E-state index contributed by atoms with van der Waals surface area (Å²) in [6.45, 7) is -0.514. The lowest BCUT2D eigenvalue weighted by molar-refractivity contribution is 0.258. The molecule has 2 aromatic rings. The minimum Gasteiger partial charge on any atom is -0.394 e. The van der Waals surface area contributed by atoms with Gasteiger partial charge in [-0.3, -0.25) is 0 Å². The summed E-state index contributed by atoms with van der Waals surface area (Å²) < 4.78 is 53.1. The molecule has 0 saturated heterocycles. The Hall–Kier alpha value is -1.83. The van der Waals surface area contributed by atoms with Gasteiger partial charge in [0.1, 0.15) is 4.90 Å². The summed E-state index contributed by atoms with van der Waals surface area (Å²) in [5, 5.41) is 9.32. The third-order valence-corrected chi connectivity index (χ3v) is 4.38. The molecule has 0 aliphatic heterocycles. The first-order valence-corrected chi connectivity index (χ1v) is 7.56. The molecule has 0 radical (unpaired) electrons. The molecule has 4 nitrogen and oxygen atoms in total. The van der Waals surface area contributed by atoms with Crippen molar-refractivity contribution in [2.75, 3.05) is 6.61 Å². The van der Waals surface area contributed by atoms with Crippen molar-refractivity contribution in [1.82, 2.24) is 4.72 Å². The van der Waals surface area contributed by atoms with E-state index in [1.54, 1.807) is 30.3 Å². The molecular weight excluding hydrogens is 300 g/mol.